The summed E-state index contributed by atoms with van der Waals surface area (Å²) >= 11 is 0. The Morgan fingerprint density at radius 2 is 1.96 bits per heavy atom. The minimum atomic E-state index is -3.82. The molecule has 1 atom stereocenters. The van der Waals surface area contributed by atoms with Gasteiger partial charge in [-0.25, -0.2) is 13.1 Å². The van der Waals surface area contributed by atoms with E-state index in [1.165, 1.54) is 12.1 Å². The van der Waals surface area contributed by atoms with E-state index >= 15 is 0 Å². The number of rotatable bonds is 6. The van der Waals surface area contributed by atoms with Gasteiger partial charge in [-0.2, -0.15) is 0 Å². The van der Waals surface area contributed by atoms with E-state index in [1.54, 1.807) is 13.8 Å². The van der Waals surface area contributed by atoms with Crippen molar-refractivity contribution in [3.63, 3.8) is 0 Å². The summed E-state index contributed by atoms with van der Waals surface area (Å²) < 4.78 is 32.7. The Kier molecular flexibility index (Phi) is 5.33. The zero-order valence-electron chi connectivity index (χ0n) is 15.0. The molecule has 0 aromatic heterocycles. The molecule has 3 rings (SSSR count). The second-order valence-electron chi connectivity index (χ2n) is 6.58. The topological polar surface area (TPSA) is 111 Å². The lowest BCUT2D eigenvalue weighted by atomic mass is 10.00. The number of hydrogen-bond acceptors (Lipinski definition) is 6. The molecule has 0 spiro atoms. The SMILES string of the molecule is CC(C)NS(=O)(=O)c1ccc(NC2CCOc3ccccc32)c([N+](=O)[O-])c1. The lowest BCUT2D eigenvalue weighted by Crippen LogP contribution is -2.30. The fraction of sp³-hybridized carbons (Fsp3) is 0.333. The maximum absolute atomic E-state index is 12.3. The van der Waals surface area contributed by atoms with Crippen molar-refractivity contribution in [2.24, 2.45) is 0 Å². The lowest BCUT2D eigenvalue weighted by molar-refractivity contribution is -0.384. The zero-order valence-corrected chi connectivity index (χ0v) is 15.8. The molecule has 1 unspecified atom stereocenters. The zero-order chi connectivity index (χ0) is 19.6. The van der Waals surface area contributed by atoms with E-state index in [0.29, 0.717) is 13.0 Å². The second-order valence-corrected chi connectivity index (χ2v) is 8.30. The molecule has 1 heterocycles. The molecule has 9 heteroatoms. The van der Waals surface area contributed by atoms with Crippen molar-refractivity contribution in [1.29, 1.82) is 0 Å². The van der Waals surface area contributed by atoms with Crippen molar-refractivity contribution in [2.45, 2.75) is 37.2 Å². The van der Waals surface area contributed by atoms with E-state index < -0.39 is 14.9 Å². The standard InChI is InChI=1S/C18H21N3O5S/c1-12(2)20-27(24,25)13-7-8-16(17(11-13)21(22)23)19-15-9-10-26-18-6-4-3-5-14(15)18/h3-8,11-12,15,19-20H,9-10H2,1-2H3. The molecule has 1 aliphatic heterocycles. The molecular weight excluding hydrogens is 370 g/mol. The number of sulfonamides is 1. The number of nitrogens with zero attached hydrogens (tertiary/aromatic N) is 1. The van der Waals surface area contributed by atoms with E-state index in [-0.39, 0.29) is 28.4 Å². The Balaban J connectivity index is 1.94. The summed E-state index contributed by atoms with van der Waals surface area (Å²) in [7, 11) is -3.82. The molecule has 0 radical (unpaired) electrons. The van der Waals surface area contributed by atoms with Crippen molar-refractivity contribution >= 4 is 21.4 Å². The summed E-state index contributed by atoms with van der Waals surface area (Å²) in [6, 6.07) is 10.9. The first-order valence-electron chi connectivity index (χ1n) is 8.57. The van der Waals surface area contributed by atoms with Crippen LogP contribution in [0.3, 0.4) is 0 Å². The van der Waals surface area contributed by atoms with Gasteiger partial charge in [-0.05, 0) is 32.0 Å². The largest absolute Gasteiger partial charge is 0.493 e. The summed E-state index contributed by atoms with van der Waals surface area (Å²) in [4.78, 5) is 10.8. The summed E-state index contributed by atoms with van der Waals surface area (Å²) in [5.41, 5.74) is 0.895. The smallest absolute Gasteiger partial charge is 0.293 e. The second kappa shape index (κ2) is 7.53. The first-order chi connectivity index (χ1) is 12.8. The molecule has 2 N–H and O–H groups in total. The molecule has 2 aromatic rings. The van der Waals surface area contributed by atoms with Gasteiger partial charge in [-0.3, -0.25) is 10.1 Å². The highest BCUT2D eigenvalue weighted by atomic mass is 32.2. The van der Waals surface area contributed by atoms with E-state index in [4.69, 9.17) is 4.74 Å². The van der Waals surface area contributed by atoms with Crippen molar-refractivity contribution in [3.05, 3.63) is 58.1 Å². The van der Waals surface area contributed by atoms with Gasteiger partial charge in [-0.1, -0.05) is 18.2 Å². The molecule has 8 nitrogen and oxygen atoms in total. The predicted octanol–water partition coefficient (Wildman–Crippen LogP) is 3.22. The minimum absolute atomic E-state index is 0.138. The maximum Gasteiger partial charge on any atom is 0.293 e. The van der Waals surface area contributed by atoms with Gasteiger partial charge in [0.25, 0.3) is 5.69 Å². The molecule has 0 aliphatic carbocycles. The number of nitro groups is 1. The van der Waals surface area contributed by atoms with Crippen molar-refractivity contribution in [2.75, 3.05) is 11.9 Å². The molecular formula is C18H21N3O5S. The van der Waals surface area contributed by atoms with Crippen molar-refractivity contribution < 1.29 is 18.1 Å². The Bertz CT molecular complexity index is 959. The summed E-state index contributed by atoms with van der Waals surface area (Å²) in [5.74, 6) is 0.740. The number of anilines is 1. The average Bonchev–Trinajstić information content (AvgIpc) is 2.61. The highest BCUT2D eigenvalue weighted by Crippen LogP contribution is 2.37. The third-order valence-corrected chi connectivity index (χ3v) is 5.81. The highest BCUT2D eigenvalue weighted by molar-refractivity contribution is 7.89. The number of hydrogen-bond donors (Lipinski definition) is 2. The van der Waals surface area contributed by atoms with Crippen molar-refractivity contribution in [1.82, 2.24) is 4.72 Å². The van der Waals surface area contributed by atoms with Crippen LogP contribution in [0.1, 0.15) is 31.9 Å². The third kappa shape index (κ3) is 4.20. The number of nitro benzene ring substituents is 1. The Labute approximate surface area is 157 Å². The van der Waals surface area contributed by atoms with E-state index in [9.17, 15) is 18.5 Å². The molecule has 1 aliphatic rings. The number of nitrogens with one attached hydrogen (secondary N) is 2. The van der Waals surface area contributed by atoms with E-state index in [1.807, 2.05) is 24.3 Å². The number of benzene rings is 2. The average molecular weight is 391 g/mol. The molecule has 0 amide bonds. The quantitative estimate of drug-likeness (QED) is 0.578. The normalized spacial score (nSPS) is 16.5. The number of ether oxygens (including phenoxy) is 1. The summed E-state index contributed by atoms with van der Waals surface area (Å²) in [6.07, 6.45) is 0.642. The van der Waals surface area contributed by atoms with Crippen LogP contribution in [0.15, 0.2) is 47.4 Å². The molecule has 2 aromatic carbocycles. The molecule has 0 fully saturated rings. The van der Waals surface area contributed by atoms with Crippen LogP contribution in [0.5, 0.6) is 5.75 Å². The van der Waals surface area contributed by atoms with Gasteiger partial charge in [-0.15, -0.1) is 0 Å². The van der Waals surface area contributed by atoms with Gasteiger partial charge in [0.2, 0.25) is 10.0 Å². The molecule has 0 saturated carbocycles. The van der Waals surface area contributed by atoms with Gasteiger partial charge in [0, 0.05) is 24.1 Å². The van der Waals surface area contributed by atoms with Crippen LogP contribution in [-0.4, -0.2) is 26.0 Å². The first-order valence-corrected chi connectivity index (χ1v) is 10.1. The summed E-state index contributed by atoms with van der Waals surface area (Å²) in [6.45, 7) is 3.86. The van der Waals surface area contributed by atoms with Gasteiger partial charge < -0.3 is 10.1 Å². The van der Waals surface area contributed by atoms with Gasteiger partial charge >= 0.3 is 0 Å². The van der Waals surface area contributed by atoms with Gasteiger partial charge in [0.05, 0.1) is 22.5 Å². The molecule has 0 bridgehead atoms. The Morgan fingerprint density at radius 3 is 2.67 bits per heavy atom. The first kappa shape index (κ1) is 19.1. The molecule has 144 valence electrons. The fourth-order valence-electron chi connectivity index (χ4n) is 3.01. The van der Waals surface area contributed by atoms with Crippen LogP contribution in [0.4, 0.5) is 11.4 Å². The van der Waals surface area contributed by atoms with Gasteiger partial charge in [0.15, 0.2) is 0 Å². The monoisotopic (exact) mass is 391 g/mol. The minimum Gasteiger partial charge on any atom is -0.493 e. The maximum atomic E-state index is 12.3. The van der Waals surface area contributed by atoms with Crippen LogP contribution in [0.2, 0.25) is 0 Å². The van der Waals surface area contributed by atoms with Crippen LogP contribution >= 0.6 is 0 Å². The third-order valence-electron chi connectivity index (χ3n) is 4.16. The van der Waals surface area contributed by atoms with Crippen LogP contribution in [0.25, 0.3) is 0 Å². The Morgan fingerprint density at radius 1 is 1.22 bits per heavy atom. The van der Waals surface area contributed by atoms with E-state index in [2.05, 4.69) is 10.0 Å². The fourth-order valence-corrected chi connectivity index (χ4v) is 4.28. The van der Waals surface area contributed by atoms with Gasteiger partial charge in [0.1, 0.15) is 11.4 Å². The highest BCUT2D eigenvalue weighted by Gasteiger charge is 2.26. The number of fused-ring (bicyclic) bond motifs is 1. The Hall–Kier alpha value is -2.65. The lowest BCUT2D eigenvalue weighted by Gasteiger charge is -2.27. The molecule has 27 heavy (non-hydrogen) atoms. The summed E-state index contributed by atoms with van der Waals surface area (Å²) in [5, 5.41) is 14.7. The molecule has 0 saturated heterocycles. The number of para-hydroxylation sites is 1. The van der Waals surface area contributed by atoms with E-state index in [0.717, 1.165) is 17.4 Å². The van der Waals surface area contributed by atoms with Crippen LogP contribution < -0.4 is 14.8 Å². The van der Waals surface area contributed by atoms with Crippen LogP contribution in [0, 0.1) is 10.1 Å². The van der Waals surface area contributed by atoms with Crippen LogP contribution in [-0.2, 0) is 10.0 Å². The predicted molar refractivity (Wildman–Crippen MR) is 101 cm³/mol. The van der Waals surface area contributed by atoms with Crippen molar-refractivity contribution in [3.8, 4) is 5.75 Å².